The number of ether oxygens (including phenoxy) is 2. The van der Waals surface area contributed by atoms with Gasteiger partial charge in [-0.1, -0.05) is 18.0 Å². The molecule has 2 heterocycles. The van der Waals surface area contributed by atoms with Crippen molar-refractivity contribution in [2.45, 2.75) is 71.0 Å². The van der Waals surface area contributed by atoms with E-state index in [2.05, 4.69) is 10.1 Å². The summed E-state index contributed by atoms with van der Waals surface area (Å²) in [6, 6.07) is 3.78. The monoisotopic (exact) mass is 413 g/mol. The predicted octanol–water partition coefficient (Wildman–Crippen LogP) is 5.13. The first kappa shape index (κ1) is 20.7. The number of carbonyl (C=O) groups is 1. The third kappa shape index (κ3) is 4.94. The van der Waals surface area contributed by atoms with E-state index in [0.29, 0.717) is 23.1 Å². The van der Waals surface area contributed by atoms with Crippen LogP contribution in [-0.4, -0.2) is 40.8 Å². The van der Waals surface area contributed by atoms with Gasteiger partial charge in [0.1, 0.15) is 18.1 Å². The molecule has 0 N–H and O–H groups in total. The molecular weight excluding hydrogens is 382 g/mol. The molecule has 30 heavy (non-hydrogen) atoms. The molecule has 162 valence electrons. The molecule has 2 aliphatic carbocycles. The fourth-order valence-electron chi connectivity index (χ4n) is 4.10. The van der Waals surface area contributed by atoms with Gasteiger partial charge in [-0.2, -0.15) is 0 Å². The Morgan fingerprint density at radius 3 is 2.63 bits per heavy atom. The van der Waals surface area contributed by atoms with E-state index in [9.17, 15) is 4.79 Å². The molecule has 2 aromatic heterocycles. The highest BCUT2D eigenvalue weighted by Crippen LogP contribution is 2.29. The van der Waals surface area contributed by atoms with Gasteiger partial charge in [0.15, 0.2) is 5.76 Å². The van der Waals surface area contributed by atoms with Gasteiger partial charge < -0.3 is 18.9 Å². The molecule has 2 aliphatic rings. The van der Waals surface area contributed by atoms with Gasteiger partial charge >= 0.3 is 6.09 Å². The Bertz CT molecular complexity index is 839. The minimum Gasteiger partial charge on any atom is -0.489 e. The molecule has 7 heteroatoms. The second-order valence-electron chi connectivity index (χ2n) is 8.56. The first-order valence-electron chi connectivity index (χ1n) is 11.1. The highest BCUT2D eigenvalue weighted by atomic mass is 16.6. The van der Waals surface area contributed by atoms with Gasteiger partial charge in [0.2, 0.25) is 0 Å². The Morgan fingerprint density at radius 2 is 1.97 bits per heavy atom. The van der Waals surface area contributed by atoms with Crippen molar-refractivity contribution in [2.75, 3.05) is 13.6 Å². The summed E-state index contributed by atoms with van der Waals surface area (Å²) in [5, 5.41) is 4.05. The maximum Gasteiger partial charge on any atom is 0.409 e. The molecule has 2 fully saturated rings. The Hall–Kier alpha value is -2.57. The number of carbonyl (C=O) groups excluding carboxylic acids is 1. The number of pyridine rings is 1. The summed E-state index contributed by atoms with van der Waals surface area (Å²) in [6.07, 6.45) is 11.3. The lowest BCUT2D eigenvalue weighted by atomic mass is 9.85. The topological polar surface area (TPSA) is 77.7 Å². The summed E-state index contributed by atoms with van der Waals surface area (Å²) >= 11 is 0. The van der Waals surface area contributed by atoms with Gasteiger partial charge in [0.25, 0.3) is 0 Å². The van der Waals surface area contributed by atoms with E-state index < -0.39 is 0 Å². The van der Waals surface area contributed by atoms with Crippen molar-refractivity contribution >= 4 is 6.09 Å². The first-order chi connectivity index (χ1) is 14.6. The van der Waals surface area contributed by atoms with Gasteiger partial charge in [0, 0.05) is 13.6 Å². The molecule has 7 nitrogen and oxygen atoms in total. The summed E-state index contributed by atoms with van der Waals surface area (Å²) in [5.41, 5.74) is 2.10. The molecule has 0 spiro atoms. The number of aromatic nitrogens is 2. The highest BCUT2D eigenvalue weighted by molar-refractivity contribution is 5.67. The maximum atomic E-state index is 12.3. The Morgan fingerprint density at radius 1 is 1.17 bits per heavy atom. The van der Waals surface area contributed by atoms with Crippen LogP contribution < -0.4 is 4.74 Å². The molecular formula is C23H31N3O4. The molecule has 2 saturated carbocycles. The standard InChI is InChI=1S/C23H31N3O4/c1-16-20(15-28-23(27)26(2)14-17-7-6-8-17)22(30-25-16)21-12-11-19(13-24-21)29-18-9-4-3-5-10-18/h11-13,17-18H,3-10,14-15H2,1-2H3. The highest BCUT2D eigenvalue weighted by Gasteiger charge is 2.23. The fraction of sp³-hybridized carbons (Fsp3) is 0.609. The van der Waals surface area contributed by atoms with E-state index in [1.165, 1.54) is 38.5 Å². The summed E-state index contributed by atoms with van der Waals surface area (Å²) in [4.78, 5) is 18.5. The van der Waals surface area contributed by atoms with E-state index >= 15 is 0 Å². The summed E-state index contributed by atoms with van der Waals surface area (Å²) < 4.78 is 17.1. The zero-order valence-corrected chi connectivity index (χ0v) is 17.9. The lowest BCUT2D eigenvalue weighted by molar-refractivity contribution is 0.0930. The third-order valence-corrected chi connectivity index (χ3v) is 6.22. The zero-order chi connectivity index (χ0) is 20.9. The summed E-state index contributed by atoms with van der Waals surface area (Å²) in [6.45, 7) is 2.70. The van der Waals surface area contributed by atoms with Crippen molar-refractivity contribution in [3.8, 4) is 17.2 Å². The van der Waals surface area contributed by atoms with E-state index in [1.54, 1.807) is 18.1 Å². The van der Waals surface area contributed by atoms with Crippen LogP contribution in [0.2, 0.25) is 0 Å². The molecule has 0 unspecified atom stereocenters. The Balaban J connectivity index is 1.37. The van der Waals surface area contributed by atoms with Gasteiger partial charge in [-0.05, 0) is 63.5 Å². The molecule has 0 aliphatic heterocycles. The van der Waals surface area contributed by atoms with Crippen LogP contribution in [0.3, 0.4) is 0 Å². The first-order valence-corrected chi connectivity index (χ1v) is 11.1. The van der Waals surface area contributed by atoms with E-state index in [-0.39, 0.29) is 18.8 Å². The number of rotatable bonds is 7. The lowest BCUT2D eigenvalue weighted by Gasteiger charge is -2.29. The van der Waals surface area contributed by atoms with Gasteiger partial charge in [-0.25, -0.2) is 9.78 Å². The number of hydrogen-bond acceptors (Lipinski definition) is 6. The Labute approximate surface area is 177 Å². The van der Waals surface area contributed by atoms with Crippen LogP contribution in [0.25, 0.3) is 11.5 Å². The molecule has 0 atom stereocenters. The Kier molecular flexibility index (Phi) is 6.55. The number of aryl methyl sites for hydroxylation is 1. The second kappa shape index (κ2) is 9.49. The number of nitrogens with zero attached hydrogens (tertiary/aromatic N) is 3. The van der Waals surface area contributed by atoms with E-state index in [0.717, 1.165) is 30.7 Å². The molecule has 0 bridgehead atoms. The molecule has 0 saturated heterocycles. The van der Waals surface area contributed by atoms with Crippen LogP contribution in [0, 0.1) is 12.8 Å². The normalized spacial score (nSPS) is 17.4. The predicted molar refractivity (Wildman–Crippen MR) is 112 cm³/mol. The van der Waals surface area contributed by atoms with Crippen molar-refractivity contribution in [2.24, 2.45) is 5.92 Å². The van der Waals surface area contributed by atoms with Crippen LogP contribution in [-0.2, 0) is 11.3 Å². The average molecular weight is 414 g/mol. The SMILES string of the molecule is Cc1noc(-c2ccc(OC3CCCCC3)cn2)c1COC(=O)N(C)CC1CCC1. The molecule has 1 amide bonds. The van der Waals surface area contributed by atoms with Crippen LogP contribution in [0.5, 0.6) is 5.75 Å². The van der Waals surface area contributed by atoms with Crippen molar-refractivity contribution in [3.63, 3.8) is 0 Å². The number of amides is 1. The zero-order valence-electron chi connectivity index (χ0n) is 17.9. The lowest BCUT2D eigenvalue weighted by Crippen LogP contribution is -2.34. The maximum absolute atomic E-state index is 12.3. The second-order valence-corrected chi connectivity index (χ2v) is 8.56. The molecule has 2 aromatic rings. The van der Waals surface area contributed by atoms with E-state index in [1.807, 2.05) is 19.1 Å². The van der Waals surface area contributed by atoms with E-state index in [4.69, 9.17) is 14.0 Å². The largest absolute Gasteiger partial charge is 0.489 e. The van der Waals surface area contributed by atoms with Gasteiger partial charge in [-0.3, -0.25) is 0 Å². The number of hydrogen-bond donors (Lipinski definition) is 0. The molecule has 0 radical (unpaired) electrons. The van der Waals surface area contributed by atoms with Crippen LogP contribution in [0.4, 0.5) is 4.79 Å². The van der Waals surface area contributed by atoms with Crippen LogP contribution in [0.1, 0.15) is 62.6 Å². The van der Waals surface area contributed by atoms with Gasteiger partial charge in [-0.15, -0.1) is 0 Å². The summed E-state index contributed by atoms with van der Waals surface area (Å²) in [5.74, 6) is 1.91. The average Bonchev–Trinajstić information content (AvgIpc) is 3.10. The third-order valence-electron chi connectivity index (χ3n) is 6.22. The van der Waals surface area contributed by atoms with Crippen molar-refractivity contribution in [1.82, 2.24) is 15.0 Å². The molecule has 4 rings (SSSR count). The van der Waals surface area contributed by atoms with Crippen LogP contribution >= 0.6 is 0 Å². The van der Waals surface area contributed by atoms with Crippen molar-refractivity contribution in [3.05, 3.63) is 29.6 Å². The quantitative estimate of drug-likeness (QED) is 0.626. The minimum absolute atomic E-state index is 0.112. The smallest absolute Gasteiger partial charge is 0.409 e. The molecule has 0 aromatic carbocycles. The fourth-order valence-corrected chi connectivity index (χ4v) is 4.10. The summed E-state index contributed by atoms with van der Waals surface area (Å²) in [7, 11) is 1.79. The van der Waals surface area contributed by atoms with Gasteiger partial charge in [0.05, 0.1) is 23.6 Å². The van der Waals surface area contributed by atoms with Crippen molar-refractivity contribution < 1.29 is 18.8 Å². The minimum atomic E-state index is -0.322. The van der Waals surface area contributed by atoms with Crippen molar-refractivity contribution in [1.29, 1.82) is 0 Å². The van der Waals surface area contributed by atoms with Crippen LogP contribution in [0.15, 0.2) is 22.9 Å².